The van der Waals surface area contributed by atoms with E-state index in [0.717, 1.165) is 0 Å². The van der Waals surface area contributed by atoms with E-state index in [1.807, 2.05) is 6.92 Å². The van der Waals surface area contributed by atoms with E-state index in [9.17, 15) is 14.5 Å². The van der Waals surface area contributed by atoms with Crippen LogP contribution in [0.2, 0.25) is 0 Å². The molecule has 0 aromatic carbocycles. The van der Waals surface area contributed by atoms with Crippen molar-refractivity contribution >= 4 is 14.2 Å². The van der Waals surface area contributed by atoms with E-state index in [4.69, 9.17) is 24.6 Å². The smallest absolute Gasteiger partial charge is 0.366 e. The fourth-order valence-electron chi connectivity index (χ4n) is 2.91. The Morgan fingerprint density at radius 1 is 1.56 bits per heavy atom. The molecule has 0 saturated carbocycles. The Bertz CT molecular complexity index is 587. The highest BCUT2D eigenvalue weighted by Crippen LogP contribution is 2.36. The summed E-state index contributed by atoms with van der Waals surface area (Å²) in [5.41, 5.74) is 5.78. The highest BCUT2D eigenvalue weighted by molar-refractivity contribution is 7.32. The molecule has 2 aliphatic heterocycles. The summed E-state index contributed by atoms with van der Waals surface area (Å²) in [6, 6.07) is 0. The van der Waals surface area contributed by atoms with E-state index in [2.05, 4.69) is 0 Å². The third-order valence-electron chi connectivity index (χ3n) is 3.95. The number of amides is 1. The van der Waals surface area contributed by atoms with Gasteiger partial charge in [0.15, 0.2) is 5.79 Å². The number of rotatable bonds is 7. The predicted molar refractivity (Wildman–Crippen MR) is 87.6 cm³/mol. The van der Waals surface area contributed by atoms with Gasteiger partial charge in [0.05, 0.1) is 6.10 Å². The lowest BCUT2D eigenvalue weighted by Crippen LogP contribution is -2.40. The van der Waals surface area contributed by atoms with Crippen molar-refractivity contribution < 1.29 is 33.4 Å². The molecule has 9 nitrogen and oxygen atoms in total. The minimum Gasteiger partial charge on any atom is -0.366 e. The zero-order valence-electron chi connectivity index (χ0n) is 14.4. The van der Waals surface area contributed by atoms with Gasteiger partial charge in [-0.1, -0.05) is 13.0 Å². The van der Waals surface area contributed by atoms with Gasteiger partial charge in [0, 0.05) is 28.5 Å². The lowest BCUT2D eigenvalue weighted by molar-refractivity contribution is -0.221. The van der Waals surface area contributed by atoms with Crippen LogP contribution < -0.4 is 5.73 Å². The highest BCUT2D eigenvalue weighted by atomic mass is 31.1. The first-order chi connectivity index (χ1) is 11.6. The normalized spacial score (nSPS) is 30.4. The molecule has 0 bridgehead atoms. The summed E-state index contributed by atoms with van der Waals surface area (Å²) in [7, 11) is -2.78. The van der Waals surface area contributed by atoms with Crippen LogP contribution in [0, 0.1) is 5.92 Å². The van der Waals surface area contributed by atoms with Gasteiger partial charge < -0.3 is 25.2 Å². The Hall–Kier alpha value is -1.35. The maximum Gasteiger partial charge on any atom is 0.694 e. The third-order valence-corrected chi connectivity index (χ3v) is 4.32. The summed E-state index contributed by atoms with van der Waals surface area (Å²) >= 11 is 0. The minimum atomic E-state index is -2.78. The van der Waals surface area contributed by atoms with E-state index in [1.165, 1.54) is 13.8 Å². The first-order valence-electron chi connectivity index (χ1n) is 7.88. The topological polar surface area (TPSA) is 132 Å². The van der Waals surface area contributed by atoms with E-state index in [-0.39, 0.29) is 12.5 Å². The molecule has 0 aromatic rings. The van der Waals surface area contributed by atoms with Crippen molar-refractivity contribution in [2.45, 2.75) is 51.4 Å². The van der Waals surface area contributed by atoms with Crippen LogP contribution in [0.1, 0.15) is 27.2 Å². The molecule has 0 aromatic heterocycles. The van der Waals surface area contributed by atoms with E-state index < -0.39 is 38.4 Å². The molecule has 1 amide bonds. The summed E-state index contributed by atoms with van der Waals surface area (Å²) < 4.78 is 27.2. The molecule has 2 unspecified atom stereocenters. The maximum absolute atomic E-state index is 11.4. The van der Waals surface area contributed by atoms with E-state index in [0.29, 0.717) is 12.0 Å². The number of primary amides is 1. The van der Waals surface area contributed by atoms with Crippen LogP contribution >= 0.6 is 8.25 Å². The summed E-state index contributed by atoms with van der Waals surface area (Å²) in [5, 5.41) is 9.98. The molecule has 25 heavy (non-hydrogen) atoms. The molecule has 1 saturated heterocycles. The van der Waals surface area contributed by atoms with Gasteiger partial charge in [-0.3, -0.25) is 4.79 Å². The number of nitrogens with zero attached hydrogens (tertiary/aromatic N) is 1. The summed E-state index contributed by atoms with van der Waals surface area (Å²) in [6.07, 6.45) is 3.84. The predicted octanol–water partition coefficient (Wildman–Crippen LogP) is 0.716. The number of carbonyl (C=O) groups excluding carboxylic acids is 1. The number of carbonyl (C=O) groups is 1. The van der Waals surface area contributed by atoms with Gasteiger partial charge in [0.2, 0.25) is 5.91 Å². The van der Waals surface area contributed by atoms with Gasteiger partial charge in [0.1, 0.15) is 18.9 Å². The van der Waals surface area contributed by atoms with Crippen LogP contribution in [0.5, 0.6) is 0 Å². The Kier molecular flexibility index (Phi) is 6.31. The molecule has 2 aliphatic rings. The molecule has 4 N–H and O–H groups in total. The molecule has 2 rings (SSSR count). The summed E-state index contributed by atoms with van der Waals surface area (Å²) in [5.74, 6) is -2.16. The third kappa shape index (κ3) is 5.31. The molecule has 0 spiro atoms. The Morgan fingerprint density at radius 3 is 2.80 bits per heavy atom. The fraction of sp³-hybridized carbons (Fsp3) is 0.667. The minimum absolute atomic E-state index is 0.169. The number of aliphatic hydroxyl groups is 1. The quantitative estimate of drug-likeness (QED) is 0.438. The Labute approximate surface area is 147 Å². The second-order valence-corrected chi connectivity index (χ2v) is 7.28. The number of hydrogen-bond donors (Lipinski definition) is 3. The highest BCUT2D eigenvalue weighted by Gasteiger charge is 2.47. The van der Waals surface area contributed by atoms with Crippen LogP contribution in [-0.4, -0.2) is 51.6 Å². The molecule has 0 aliphatic carbocycles. The van der Waals surface area contributed by atoms with Crippen molar-refractivity contribution in [3.63, 3.8) is 0 Å². The van der Waals surface area contributed by atoms with Crippen molar-refractivity contribution in [3.8, 4) is 0 Å². The van der Waals surface area contributed by atoms with Crippen molar-refractivity contribution in [1.82, 2.24) is 4.90 Å². The first kappa shape index (κ1) is 20.0. The lowest BCUT2D eigenvalue weighted by Gasteiger charge is -2.31. The van der Waals surface area contributed by atoms with Gasteiger partial charge in [0.25, 0.3) is 0 Å². The molecule has 140 valence electrons. The number of nitrogens with two attached hydrogens (primary N) is 1. The number of hydrogen-bond acceptors (Lipinski definition) is 7. The van der Waals surface area contributed by atoms with Crippen LogP contribution in [0.15, 0.2) is 24.0 Å². The largest absolute Gasteiger partial charge is 0.694 e. The van der Waals surface area contributed by atoms with Crippen molar-refractivity contribution in [2.75, 3.05) is 6.61 Å². The molecule has 2 heterocycles. The van der Waals surface area contributed by atoms with Crippen molar-refractivity contribution in [3.05, 3.63) is 24.0 Å². The average Bonchev–Trinajstić information content (AvgIpc) is 2.80. The standard InChI is InChI=1S/C15H23N2O7P/c1-9-12(24-15(2,3)19)11(8-22-25(20)21)23-14(9)17-6-4-5-10(7-17)13(16)18/h4,6-7,9,11-12,14,19H,5,8H2,1-3H3,(H2-,16,18,20,21)/p+1/t9-,11?,12+,14-/m1/s1. The SMILES string of the molecule is C[C@@H]1[C@H](OC(C)(C)O)C(CO[P+](=O)O)O[C@H]1N1C=CCC(C(N)=O)=C1. The molecule has 5 atom stereocenters. The van der Waals surface area contributed by atoms with Crippen molar-refractivity contribution in [2.24, 2.45) is 11.7 Å². The zero-order chi connectivity index (χ0) is 18.8. The maximum atomic E-state index is 11.4. The van der Waals surface area contributed by atoms with Crippen LogP contribution in [0.3, 0.4) is 0 Å². The fourth-order valence-corrected chi connectivity index (χ4v) is 3.18. The Morgan fingerprint density at radius 2 is 2.24 bits per heavy atom. The molecule has 10 heteroatoms. The molecular weight excluding hydrogens is 351 g/mol. The summed E-state index contributed by atoms with van der Waals surface area (Å²) in [4.78, 5) is 22.0. The van der Waals surface area contributed by atoms with Gasteiger partial charge in [-0.25, -0.2) is 0 Å². The van der Waals surface area contributed by atoms with Gasteiger partial charge in [-0.15, -0.1) is 9.42 Å². The van der Waals surface area contributed by atoms with E-state index >= 15 is 0 Å². The van der Waals surface area contributed by atoms with Crippen LogP contribution in [0.4, 0.5) is 0 Å². The Balaban J connectivity index is 2.19. The van der Waals surface area contributed by atoms with Gasteiger partial charge in [-0.05, 0) is 20.3 Å². The summed E-state index contributed by atoms with van der Waals surface area (Å²) in [6.45, 7) is 4.67. The number of allylic oxidation sites excluding steroid dienone is 1. The second kappa shape index (κ2) is 7.90. The van der Waals surface area contributed by atoms with Crippen LogP contribution in [-0.2, 0) is 23.4 Å². The van der Waals surface area contributed by atoms with Gasteiger partial charge >= 0.3 is 8.25 Å². The molecule has 1 fully saturated rings. The number of ether oxygens (including phenoxy) is 2. The monoisotopic (exact) mass is 375 g/mol. The van der Waals surface area contributed by atoms with E-state index in [1.54, 1.807) is 23.4 Å². The molecular formula is C15H24N2O7P+. The molecule has 0 radical (unpaired) electrons. The van der Waals surface area contributed by atoms with Gasteiger partial charge in [-0.2, -0.15) is 0 Å². The van der Waals surface area contributed by atoms with Crippen molar-refractivity contribution in [1.29, 1.82) is 0 Å². The second-order valence-electron chi connectivity index (χ2n) is 6.54. The first-order valence-corrected chi connectivity index (χ1v) is 9.01. The van der Waals surface area contributed by atoms with Crippen LogP contribution in [0.25, 0.3) is 0 Å². The zero-order valence-corrected chi connectivity index (χ0v) is 15.3. The average molecular weight is 375 g/mol. The lowest BCUT2D eigenvalue weighted by atomic mass is 10.0.